The first kappa shape index (κ1) is 14.0. The van der Waals surface area contributed by atoms with Gasteiger partial charge in [-0.15, -0.1) is 11.6 Å². The molecular weight excluding hydrogens is 319 g/mol. The Morgan fingerprint density at radius 1 is 1.50 bits per heavy atom. The van der Waals surface area contributed by atoms with Crippen LogP contribution in [0.25, 0.3) is 0 Å². The molecule has 1 aliphatic rings. The molecule has 1 atom stereocenters. The van der Waals surface area contributed by atoms with Crippen molar-refractivity contribution in [2.45, 2.75) is 12.3 Å². The molecule has 1 saturated heterocycles. The van der Waals surface area contributed by atoms with Gasteiger partial charge in [0.2, 0.25) is 0 Å². The molecule has 0 bridgehead atoms. The van der Waals surface area contributed by atoms with Crippen molar-refractivity contribution in [2.75, 3.05) is 26.9 Å². The molecule has 1 aliphatic heterocycles. The van der Waals surface area contributed by atoms with E-state index in [1.165, 1.54) is 0 Å². The maximum Gasteiger partial charge on any atom is 0.175 e. The highest BCUT2D eigenvalue weighted by atomic mass is 79.9. The van der Waals surface area contributed by atoms with E-state index in [4.69, 9.17) is 25.8 Å². The van der Waals surface area contributed by atoms with Gasteiger partial charge in [-0.05, 0) is 40.0 Å². The number of hydrogen-bond acceptors (Lipinski definition) is 3. The van der Waals surface area contributed by atoms with Gasteiger partial charge in [0.1, 0.15) is 0 Å². The van der Waals surface area contributed by atoms with Gasteiger partial charge >= 0.3 is 0 Å². The molecule has 0 aliphatic carbocycles. The lowest BCUT2D eigenvalue weighted by Gasteiger charge is -2.15. The van der Waals surface area contributed by atoms with Gasteiger partial charge < -0.3 is 14.2 Å². The lowest BCUT2D eigenvalue weighted by molar-refractivity contribution is 0.165. The molecule has 1 unspecified atom stereocenters. The van der Waals surface area contributed by atoms with Crippen molar-refractivity contribution in [3.63, 3.8) is 0 Å². The molecule has 0 aromatic heterocycles. The number of rotatable bonds is 5. The Hall–Kier alpha value is -0.450. The highest BCUT2D eigenvalue weighted by Gasteiger charge is 2.18. The van der Waals surface area contributed by atoms with E-state index in [0.29, 0.717) is 24.2 Å². The van der Waals surface area contributed by atoms with Crippen LogP contribution in [-0.2, 0) is 10.6 Å². The third kappa shape index (κ3) is 3.31. The maximum absolute atomic E-state index is 5.85. The number of hydrogen-bond donors (Lipinski definition) is 0. The summed E-state index contributed by atoms with van der Waals surface area (Å²) in [4.78, 5) is 0. The molecular formula is C13H16BrClO3. The minimum Gasteiger partial charge on any atom is -0.493 e. The molecule has 5 heteroatoms. The molecule has 1 aromatic rings. The van der Waals surface area contributed by atoms with Crippen LogP contribution >= 0.6 is 27.5 Å². The smallest absolute Gasteiger partial charge is 0.175 e. The molecule has 100 valence electrons. The number of benzene rings is 1. The summed E-state index contributed by atoms with van der Waals surface area (Å²) in [6, 6.07) is 3.86. The summed E-state index contributed by atoms with van der Waals surface area (Å²) in [6.07, 6.45) is 1.06. The number of halogens is 2. The van der Waals surface area contributed by atoms with Crippen molar-refractivity contribution in [2.24, 2.45) is 5.92 Å². The number of methoxy groups -OCH3 is 1. The molecule has 0 amide bonds. The molecule has 0 N–H and O–H groups in total. The summed E-state index contributed by atoms with van der Waals surface area (Å²) in [7, 11) is 1.63. The first-order valence-electron chi connectivity index (χ1n) is 5.87. The van der Waals surface area contributed by atoms with Gasteiger partial charge in [-0.3, -0.25) is 0 Å². The van der Waals surface area contributed by atoms with Gasteiger partial charge in [0.05, 0.1) is 24.8 Å². The summed E-state index contributed by atoms with van der Waals surface area (Å²) in [5.74, 6) is 2.36. The van der Waals surface area contributed by atoms with Crippen molar-refractivity contribution in [1.29, 1.82) is 0 Å². The zero-order valence-electron chi connectivity index (χ0n) is 10.2. The van der Waals surface area contributed by atoms with Crippen molar-refractivity contribution in [3.8, 4) is 11.5 Å². The second-order valence-corrected chi connectivity index (χ2v) is 5.40. The van der Waals surface area contributed by atoms with Crippen LogP contribution < -0.4 is 9.47 Å². The Morgan fingerprint density at radius 2 is 2.33 bits per heavy atom. The molecule has 1 heterocycles. The van der Waals surface area contributed by atoms with E-state index in [1.807, 2.05) is 12.1 Å². The summed E-state index contributed by atoms with van der Waals surface area (Å²) < 4.78 is 17.4. The van der Waals surface area contributed by atoms with E-state index in [-0.39, 0.29) is 0 Å². The van der Waals surface area contributed by atoms with Crippen molar-refractivity contribution < 1.29 is 14.2 Å². The van der Waals surface area contributed by atoms with Gasteiger partial charge in [-0.25, -0.2) is 0 Å². The van der Waals surface area contributed by atoms with E-state index >= 15 is 0 Å². The van der Waals surface area contributed by atoms with Crippen LogP contribution in [0.3, 0.4) is 0 Å². The standard InChI is InChI=1S/C13H16BrClO3/c1-16-12-5-10(6-15)4-11(14)13(12)18-8-9-2-3-17-7-9/h4-5,9H,2-3,6-8H2,1H3. The van der Waals surface area contributed by atoms with Gasteiger partial charge in [0, 0.05) is 18.4 Å². The zero-order chi connectivity index (χ0) is 13.0. The van der Waals surface area contributed by atoms with Crippen LogP contribution in [-0.4, -0.2) is 26.9 Å². The normalized spacial score (nSPS) is 18.9. The van der Waals surface area contributed by atoms with E-state index in [2.05, 4.69) is 15.9 Å². The SMILES string of the molecule is COc1cc(CCl)cc(Br)c1OCC1CCOC1. The molecule has 0 radical (unpaired) electrons. The van der Waals surface area contributed by atoms with Crippen LogP contribution in [0.4, 0.5) is 0 Å². The van der Waals surface area contributed by atoms with E-state index < -0.39 is 0 Å². The highest BCUT2D eigenvalue weighted by molar-refractivity contribution is 9.10. The molecule has 0 saturated carbocycles. The Kier molecular flexibility index (Phi) is 5.15. The largest absolute Gasteiger partial charge is 0.493 e. The summed E-state index contributed by atoms with van der Waals surface area (Å²) in [5, 5.41) is 0. The number of ether oxygens (including phenoxy) is 3. The monoisotopic (exact) mass is 334 g/mol. The highest BCUT2D eigenvalue weighted by Crippen LogP contribution is 2.37. The van der Waals surface area contributed by atoms with Crippen molar-refractivity contribution >= 4 is 27.5 Å². The van der Waals surface area contributed by atoms with Crippen LogP contribution in [0.15, 0.2) is 16.6 Å². The Labute approximate surface area is 120 Å². The van der Waals surface area contributed by atoms with Crippen LogP contribution in [0.5, 0.6) is 11.5 Å². The average molecular weight is 336 g/mol. The molecule has 0 spiro atoms. The van der Waals surface area contributed by atoms with E-state index in [1.54, 1.807) is 7.11 Å². The van der Waals surface area contributed by atoms with Crippen LogP contribution in [0.1, 0.15) is 12.0 Å². The number of alkyl halides is 1. The molecule has 3 nitrogen and oxygen atoms in total. The lowest BCUT2D eigenvalue weighted by atomic mass is 10.1. The predicted molar refractivity (Wildman–Crippen MR) is 74.7 cm³/mol. The predicted octanol–water partition coefficient (Wildman–Crippen LogP) is 3.61. The second-order valence-electron chi connectivity index (χ2n) is 4.28. The topological polar surface area (TPSA) is 27.7 Å². The zero-order valence-corrected chi connectivity index (χ0v) is 12.6. The maximum atomic E-state index is 5.85. The summed E-state index contributed by atoms with van der Waals surface area (Å²) in [5.41, 5.74) is 0.997. The Morgan fingerprint density at radius 3 is 2.94 bits per heavy atom. The van der Waals surface area contributed by atoms with Crippen molar-refractivity contribution in [1.82, 2.24) is 0 Å². The van der Waals surface area contributed by atoms with Gasteiger partial charge in [0.25, 0.3) is 0 Å². The molecule has 1 fully saturated rings. The third-order valence-corrected chi connectivity index (χ3v) is 3.83. The second kappa shape index (κ2) is 6.64. The van der Waals surface area contributed by atoms with Gasteiger partial charge in [-0.2, -0.15) is 0 Å². The van der Waals surface area contributed by atoms with Crippen LogP contribution in [0.2, 0.25) is 0 Å². The molecule has 18 heavy (non-hydrogen) atoms. The minimum atomic E-state index is 0.450. The third-order valence-electron chi connectivity index (χ3n) is 2.93. The average Bonchev–Trinajstić information content (AvgIpc) is 2.89. The summed E-state index contributed by atoms with van der Waals surface area (Å²) >= 11 is 9.32. The van der Waals surface area contributed by atoms with E-state index in [9.17, 15) is 0 Å². The minimum absolute atomic E-state index is 0.450. The molecule has 1 aromatic carbocycles. The first-order valence-corrected chi connectivity index (χ1v) is 7.20. The molecule has 2 rings (SSSR count). The fourth-order valence-electron chi connectivity index (χ4n) is 1.91. The summed E-state index contributed by atoms with van der Waals surface area (Å²) in [6.45, 7) is 2.26. The Balaban J connectivity index is 2.10. The van der Waals surface area contributed by atoms with Crippen molar-refractivity contribution in [3.05, 3.63) is 22.2 Å². The van der Waals surface area contributed by atoms with Crippen LogP contribution in [0, 0.1) is 5.92 Å². The van der Waals surface area contributed by atoms with E-state index in [0.717, 1.165) is 35.4 Å². The first-order chi connectivity index (χ1) is 8.74. The Bertz CT molecular complexity index is 405. The fraction of sp³-hybridized carbons (Fsp3) is 0.538. The fourth-order valence-corrected chi connectivity index (χ4v) is 2.66. The quantitative estimate of drug-likeness (QED) is 0.769. The lowest BCUT2D eigenvalue weighted by Crippen LogP contribution is -2.12. The van der Waals surface area contributed by atoms with Gasteiger partial charge in [-0.1, -0.05) is 0 Å². The van der Waals surface area contributed by atoms with Gasteiger partial charge in [0.15, 0.2) is 11.5 Å².